The first-order chi connectivity index (χ1) is 7.70. The van der Waals surface area contributed by atoms with Gasteiger partial charge in [-0.05, 0) is 32.3 Å². The lowest BCUT2D eigenvalue weighted by Gasteiger charge is -2.29. The molecule has 2 rings (SSSR count). The molecule has 0 fully saturated rings. The normalized spacial score (nSPS) is 20.2. The summed E-state index contributed by atoms with van der Waals surface area (Å²) in [5, 5.41) is 9.13. The van der Waals surface area contributed by atoms with Crippen LogP contribution < -0.4 is 0 Å². The van der Waals surface area contributed by atoms with Crippen LogP contribution in [0.15, 0.2) is 36.0 Å². The molecule has 0 N–H and O–H groups in total. The van der Waals surface area contributed by atoms with E-state index in [0.717, 1.165) is 12.8 Å². The van der Waals surface area contributed by atoms with Crippen LogP contribution in [-0.2, 0) is 0 Å². The summed E-state index contributed by atoms with van der Waals surface area (Å²) in [6, 6.07) is 8.68. The molecule has 1 aliphatic rings. The molecule has 1 atom stereocenters. The molecule has 0 radical (unpaired) electrons. The van der Waals surface area contributed by atoms with Gasteiger partial charge in [0, 0.05) is 6.20 Å². The Balaban J connectivity index is 2.28. The molecule has 0 bridgehead atoms. The van der Waals surface area contributed by atoms with Crippen molar-refractivity contribution in [1.29, 1.82) is 5.26 Å². The number of allylic oxidation sites excluding steroid dienone is 1. The van der Waals surface area contributed by atoms with Crippen molar-refractivity contribution in [3.8, 4) is 6.19 Å². The highest BCUT2D eigenvalue weighted by atomic mass is 15.1. The summed E-state index contributed by atoms with van der Waals surface area (Å²) < 4.78 is 0. The summed E-state index contributed by atoms with van der Waals surface area (Å²) in [6.07, 6.45) is 6.33. The summed E-state index contributed by atoms with van der Waals surface area (Å²) in [4.78, 5) is 1.77. The SMILES string of the molecule is CC1=CN(C#N)C(c2ccc(C)cc2)CC1. The largest absolute Gasteiger partial charge is 0.279 e. The monoisotopic (exact) mass is 212 g/mol. The Bertz CT molecular complexity index is 437. The molecule has 1 aromatic carbocycles. The molecule has 2 nitrogen and oxygen atoms in total. The number of hydrogen-bond acceptors (Lipinski definition) is 2. The van der Waals surface area contributed by atoms with Gasteiger partial charge in [-0.3, -0.25) is 4.90 Å². The number of hydrogen-bond donors (Lipinski definition) is 0. The highest BCUT2D eigenvalue weighted by Crippen LogP contribution is 2.31. The van der Waals surface area contributed by atoms with Crippen molar-refractivity contribution in [2.75, 3.05) is 0 Å². The van der Waals surface area contributed by atoms with Gasteiger partial charge in [0.05, 0.1) is 6.04 Å². The van der Waals surface area contributed by atoms with Gasteiger partial charge in [0.15, 0.2) is 6.19 Å². The van der Waals surface area contributed by atoms with Gasteiger partial charge in [-0.15, -0.1) is 0 Å². The molecule has 0 saturated heterocycles. The smallest absolute Gasteiger partial charge is 0.184 e. The zero-order valence-corrected chi connectivity index (χ0v) is 9.77. The second-order valence-electron chi connectivity index (χ2n) is 4.45. The van der Waals surface area contributed by atoms with Crippen LogP contribution in [0.1, 0.15) is 36.9 Å². The first-order valence-electron chi connectivity index (χ1n) is 5.62. The van der Waals surface area contributed by atoms with Gasteiger partial charge in [0.1, 0.15) is 0 Å². The van der Waals surface area contributed by atoms with Crippen molar-refractivity contribution in [3.63, 3.8) is 0 Å². The highest BCUT2D eigenvalue weighted by molar-refractivity contribution is 5.27. The number of nitriles is 1. The summed E-state index contributed by atoms with van der Waals surface area (Å²) >= 11 is 0. The van der Waals surface area contributed by atoms with Gasteiger partial charge in [-0.25, -0.2) is 0 Å². The average Bonchev–Trinajstić information content (AvgIpc) is 2.30. The summed E-state index contributed by atoms with van der Waals surface area (Å²) in [5.74, 6) is 0. The first-order valence-corrected chi connectivity index (χ1v) is 5.62. The third-order valence-electron chi connectivity index (χ3n) is 3.08. The van der Waals surface area contributed by atoms with E-state index in [0.29, 0.717) is 0 Å². The van der Waals surface area contributed by atoms with Crippen LogP contribution in [0.5, 0.6) is 0 Å². The van der Waals surface area contributed by atoms with Gasteiger partial charge < -0.3 is 0 Å². The van der Waals surface area contributed by atoms with Crippen LogP contribution in [0.4, 0.5) is 0 Å². The van der Waals surface area contributed by atoms with Gasteiger partial charge in [0.25, 0.3) is 0 Å². The third kappa shape index (κ3) is 2.09. The van der Waals surface area contributed by atoms with E-state index in [2.05, 4.69) is 44.3 Å². The van der Waals surface area contributed by atoms with E-state index in [1.54, 1.807) is 4.90 Å². The Labute approximate surface area is 96.8 Å². The minimum absolute atomic E-state index is 0.217. The lowest BCUT2D eigenvalue weighted by atomic mass is 9.95. The van der Waals surface area contributed by atoms with Crippen LogP contribution in [0, 0.1) is 18.4 Å². The number of rotatable bonds is 1. The van der Waals surface area contributed by atoms with E-state index in [1.165, 1.54) is 16.7 Å². The highest BCUT2D eigenvalue weighted by Gasteiger charge is 2.21. The molecule has 1 unspecified atom stereocenters. The van der Waals surface area contributed by atoms with Gasteiger partial charge >= 0.3 is 0 Å². The van der Waals surface area contributed by atoms with Gasteiger partial charge in [-0.2, -0.15) is 5.26 Å². The molecule has 0 aromatic heterocycles. The van der Waals surface area contributed by atoms with E-state index in [-0.39, 0.29) is 6.04 Å². The van der Waals surface area contributed by atoms with Crippen LogP contribution >= 0.6 is 0 Å². The fourth-order valence-electron chi connectivity index (χ4n) is 2.11. The maximum absolute atomic E-state index is 9.13. The molecule has 2 heteroatoms. The molecule has 0 spiro atoms. The van der Waals surface area contributed by atoms with E-state index >= 15 is 0 Å². The maximum atomic E-state index is 9.13. The maximum Gasteiger partial charge on any atom is 0.184 e. The third-order valence-corrected chi connectivity index (χ3v) is 3.08. The van der Waals surface area contributed by atoms with Crippen LogP contribution in [0.2, 0.25) is 0 Å². The fourth-order valence-corrected chi connectivity index (χ4v) is 2.11. The fraction of sp³-hybridized carbons (Fsp3) is 0.357. The predicted molar refractivity (Wildman–Crippen MR) is 64.4 cm³/mol. The van der Waals surface area contributed by atoms with Crippen molar-refractivity contribution in [3.05, 3.63) is 47.2 Å². The molecule has 1 aromatic rings. The number of aryl methyl sites for hydroxylation is 1. The Kier molecular flexibility index (Phi) is 2.96. The lowest BCUT2D eigenvalue weighted by Crippen LogP contribution is -2.22. The number of benzene rings is 1. The number of nitrogens with zero attached hydrogens (tertiary/aromatic N) is 2. The van der Waals surface area contributed by atoms with Crippen molar-refractivity contribution in [2.24, 2.45) is 0 Å². The second-order valence-corrected chi connectivity index (χ2v) is 4.45. The first kappa shape index (κ1) is 10.8. The summed E-state index contributed by atoms with van der Waals surface area (Å²) in [5.41, 5.74) is 3.77. The Morgan fingerprint density at radius 2 is 1.94 bits per heavy atom. The standard InChI is InChI=1S/C14H16N2/c1-11-3-6-13(7-4-11)14-8-5-12(2)9-16(14)10-15/h3-4,6-7,9,14H,5,8H2,1-2H3. The van der Waals surface area contributed by atoms with Gasteiger partial charge in [-0.1, -0.05) is 35.4 Å². The van der Waals surface area contributed by atoms with E-state index in [1.807, 2.05) is 6.20 Å². The molecular weight excluding hydrogens is 196 g/mol. The zero-order valence-electron chi connectivity index (χ0n) is 9.77. The molecule has 16 heavy (non-hydrogen) atoms. The molecule has 1 aliphatic heterocycles. The van der Waals surface area contributed by atoms with Crippen molar-refractivity contribution >= 4 is 0 Å². The lowest BCUT2D eigenvalue weighted by molar-refractivity contribution is 0.342. The summed E-state index contributed by atoms with van der Waals surface area (Å²) in [7, 11) is 0. The second kappa shape index (κ2) is 4.40. The molecule has 0 amide bonds. The minimum atomic E-state index is 0.217. The molecule has 1 heterocycles. The van der Waals surface area contributed by atoms with Crippen molar-refractivity contribution in [2.45, 2.75) is 32.7 Å². The summed E-state index contributed by atoms with van der Waals surface area (Å²) in [6.45, 7) is 4.16. The Morgan fingerprint density at radius 3 is 2.56 bits per heavy atom. The van der Waals surface area contributed by atoms with Gasteiger partial charge in [0.2, 0.25) is 0 Å². The predicted octanol–water partition coefficient (Wildman–Crippen LogP) is 3.52. The Morgan fingerprint density at radius 1 is 1.25 bits per heavy atom. The average molecular weight is 212 g/mol. The van der Waals surface area contributed by atoms with E-state index in [4.69, 9.17) is 5.26 Å². The molecular formula is C14H16N2. The molecule has 0 aliphatic carbocycles. The van der Waals surface area contributed by atoms with E-state index in [9.17, 15) is 0 Å². The quantitative estimate of drug-likeness (QED) is 0.666. The minimum Gasteiger partial charge on any atom is -0.279 e. The van der Waals surface area contributed by atoms with Crippen molar-refractivity contribution in [1.82, 2.24) is 4.90 Å². The van der Waals surface area contributed by atoms with Crippen LogP contribution in [0.25, 0.3) is 0 Å². The Hall–Kier alpha value is -1.75. The van der Waals surface area contributed by atoms with E-state index < -0.39 is 0 Å². The zero-order chi connectivity index (χ0) is 11.5. The molecule has 82 valence electrons. The van der Waals surface area contributed by atoms with Crippen LogP contribution in [0.3, 0.4) is 0 Å². The van der Waals surface area contributed by atoms with Crippen molar-refractivity contribution < 1.29 is 0 Å². The topological polar surface area (TPSA) is 27.0 Å². The van der Waals surface area contributed by atoms with Crippen LogP contribution in [-0.4, -0.2) is 4.90 Å². The molecule has 0 saturated carbocycles.